The number of anilines is 1. The highest BCUT2D eigenvalue weighted by atomic mass is 19.1. The van der Waals surface area contributed by atoms with Crippen LogP contribution in [0.5, 0.6) is 5.75 Å². The molecule has 0 spiro atoms. The standard InChI is InChI=1S/C29H30FN3O5/c1-29(2,3)38-28(37)33-15-13-32(14-16-33)27(36)22-12-11-20(19-7-6-8-21(34)17-19)18-23(22)26(35)31-25-10-5-4-9-24(25)30/h4-12,17-18,34H,13-16H2,1-3H3,(H,31,35). The molecule has 0 saturated carbocycles. The summed E-state index contributed by atoms with van der Waals surface area (Å²) < 4.78 is 19.7. The topological polar surface area (TPSA) is 99.2 Å². The van der Waals surface area contributed by atoms with Crippen LogP contribution < -0.4 is 5.32 Å². The molecular formula is C29H30FN3O5. The quantitative estimate of drug-likeness (QED) is 0.497. The van der Waals surface area contributed by atoms with E-state index in [1.165, 1.54) is 24.3 Å². The molecular weight excluding hydrogens is 489 g/mol. The second-order valence-electron chi connectivity index (χ2n) is 10.0. The van der Waals surface area contributed by atoms with Crippen LogP contribution >= 0.6 is 0 Å². The smallest absolute Gasteiger partial charge is 0.410 e. The summed E-state index contributed by atoms with van der Waals surface area (Å²) in [6, 6.07) is 17.1. The number of benzene rings is 3. The zero-order chi connectivity index (χ0) is 27.4. The van der Waals surface area contributed by atoms with Gasteiger partial charge in [0.05, 0.1) is 16.8 Å². The lowest BCUT2D eigenvalue weighted by Crippen LogP contribution is -2.51. The van der Waals surface area contributed by atoms with E-state index in [9.17, 15) is 23.9 Å². The first-order valence-corrected chi connectivity index (χ1v) is 12.3. The van der Waals surface area contributed by atoms with Crippen LogP contribution in [0, 0.1) is 5.82 Å². The SMILES string of the molecule is CC(C)(C)OC(=O)N1CCN(C(=O)c2ccc(-c3cccc(O)c3)cc2C(=O)Nc2ccccc2F)CC1. The molecule has 4 rings (SSSR count). The average molecular weight is 520 g/mol. The number of nitrogens with one attached hydrogen (secondary N) is 1. The van der Waals surface area contributed by atoms with Crippen molar-refractivity contribution in [2.75, 3.05) is 31.5 Å². The number of carbonyl (C=O) groups is 3. The van der Waals surface area contributed by atoms with Crippen LogP contribution in [0.1, 0.15) is 41.5 Å². The van der Waals surface area contributed by atoms with Crippen LogP contribution in [0.25, 0.3) is 11.1 Å². The van der Waals surface area contributed by atoms with Crippen molar-refractivity contribution in [1.82, 2.24) is 9.80 Å². The average Bonchev–Trinajstić information content (AvgIpc) is 2.88. The Balaban J connectivity index is 1.60. The maximum absolute atomic E-state index is 14.2. The molecule has 0 aromatic heterocycles. The highest BCUT2D eigenvalue weighted by molar-refractivity contribution is 6.13. The van der Waals surface area contributed by atoms with Gasteiger partial charge in [-0.15, -0.1) is 0 Å². The Kier molecular flexibility index (Phi) is 7.66. The second kappa shape index (κ2) is 10.9. The number of hydrogen-bond acceptors (Lipinski definition) is 5. The van der Waals surface area contributed by atoms with Crippen molar-refractivity contribution in [2.24, 2.45) is 0 Å². The molecule has 1 aliphatic heterocycles. The van der Waals surface area contributed by atoms with Crippen LogP contribution in [0.15, 0.2) is 66.7 Å². The normalized spacial score (nSPS) is 13.7. The van der Waals surface area contributed by atoms with E-state index in [1.54, 1.807) is 73.0 Å². The van der Waals surface area contributed by atoms with E-state index in [-0.39, 0.29) is 41.6 Å². The van der Waals surface area contributed by atoms with Crippen LogP contribution in [-0.4, -0.2) is 64.6 Å². The largest absolute Gasteiger partial charge is 0.508 e. The van der Waals surface area contributed by atoms with Crippen molar-refractivity contribution in [3.63, 3.8) is 0 Å². The first kappa shape index (κ1) is 26.7. The number of para-hydroxylation sites is 1. The molecule has 3 aromatic carbocycles. The highest BCUT2D eigenvalue weighted by Gasteiger charge is 2.30. The minimum Gasteiger partial charge on any atom is -0.508 e. The Hall–Kier alpha value is -4.40. The van der Waals surface area contributed by atoms with Crippen molar-refractivity contribution in [3.8, 4) is 16.9 Å². The minimum atomic E-state index is -0.646. The lowest BCUT2D eigenvalue weighted by molar-refractivity contribution is 0.0141. The summed E-state index contributed by atoms with van der Waals surface area (Å²) in [5.41, 5.74) is 0.828. The Morgan fingerprint density at radius 2 is 1.50 bits per heavy atom. The molecule has 1 aliphatic rings. The molecule has 3 amide bonds. The Labute approximate surface area is 220 Å². The zero-order valence-corrected chi connectivity index (χ0v) is 21.5. The van der Waals surface area contributed by atoms with Crippen molar-refractivity contribution < 1.29 is 28.6 Å². The molecule has 1 fully saturated rings. The highest BCUT2D eigenvalue weighted by Crippen LogP contribution is 2.27. The summed E-state index contributed by atoms with van der Waals surface area (Å²) in [4.78, 5) is 42.4. The van der Waals surface area contributed by atoms with Gasteiger partial charge in [-0.25, -0.2) is 9.18 Å². The first-order chi connectivity index (χ1) is 18.0. The lowest BCUT2D eigenvalue weighted by Gasteiger charge is -2.35. The Bertz CT molecular complexity index is 1360. The van der Waals surface area contributed by atoms with Crippen LogP contribution in [0.2, 0.25) is 0 Å². The predicted octanol–water partition coefficient (Wildman–Crippen LogP) is 5.14. The molecule has 38 heavy (non-hydrogen) atoms. The molecule has 1 heterocycles. The molecule has 3 aromatic rings. The fraction of sp³-hybridized carbons (Fsp3) is 0.276. The van der Waals surface area contributed by atoms with Gasteiger partial charge in [-0.3, -0.25) is 9.59 Å². The molecule has 0 aliphatic carbocycles. The Morgan fingerprint density at radius 3 is 2.16 bits per heavy atom. The number of hydrogen-bond donors (Lipinski definition) is 2. The van der Waals surface area contributed by atoms with E-state index in [1.807, 2.05) is 0 Å². The second-order valence-corrected chi connectivity index (χ2v) is 10.0. The molecule has 198 valence electrons. The third-order valence-electron chi connectivity index (χ3n) is 6.01. The number of rotatable bonds is 4. The third-order valence-corrected chi connectivity index (χ3v) is 6.01. The van der Waals surface area contributed by atoms with Crippen molar-refractivity contribution >= 4 is 23.6 Å². The number of ether oxygens (including phenoxy) is 1. The third kappa shape index (κ3) is 6.29. The number of carbonyl (C=O) groups excluding carboxylic acids is 3. The first-order valence-electron chi connectivity index (χ1n) is 12.3. The van der Waals surface area contributed by atoms with Gasteiger partial charge in [0.15, 0.2) is 0 Å². The van der Waals surface area contributed by atoms with Crippen LogP contribution in [-0.2, 0) is 4.74 Å². The molecule has 1 saturated heterocycles. The predicted molar refractivity (Wildman–Crippen MR) is 142 cm³/mol. The van der Waals surface area contributed by atoms with Gasteiger partial charge in [-0.1, -0.05) is 30.3 Å². The molecule has 0 unspecified atom stereocenters. The van der Waals surface area contributed by atoms with Gasteiger partial charge in [0.1, 0.15) is 17.2 Å². The lowest BCUT2D eigenvalue weighted by atomic mass is 9.97. The fourth-order valence-electron chi connectivity index (χ4n) is 4.12. The summed E-state index contributed by atoms with van der Waals surface area (Å²) in [6.07, 6.45) is -0.440. The van der Waals surface area contributed by atoms with Crippen LogP contribution in [0.4, 0.5) is 14.9 Å². The van der Waals surface area contributed by atoms with Crippen molar-refractivity contribution in [2.45, 2.75) is 26.4 Å². The number of phenols is 1. The number of phenolic OH excluding ortho intramolecular Hbond substituents is 1. The number of nitrogens with zero attached hydrogens (tertiary/aromatic N) is 2. The van der Waals surface area contributed by atoms with Gasteiger partial charge in [0.25, 0.3) is 11.8 Å². The maximum Gasteiger partial charge on any atom is 0.410 e. The summed E-state index contributed by atoms with van der Waals surface area (Å²) >= 11 is 0. The van der Waals surface area contributed by atoms with E-state index < -0.39 is 23.4 Å². The molecule has 0 bridgehead atoms. The van der Waals surface area contributed by atoms with Gasteiger partial charge >= 0.3 is 6.09 Å². The minimum absolute atomic E-state index is 0.00960. The van der Waals surface area contributed by atoms with Gasteiger partial charge in [0.2, 0.25) is 0 Å². The summed E-state index contributed by atoms with van der Waals surface area (Å²) in [5.74, 6) is -1.57. The van der Waals surface area contributed by atoms with E-state index in [0.717, 1.165) is 0 Å². The van der Waals surface area contributed by atoms with Crippen molar-refractivity contribution in [1.29, 1.82) is 0 Å². The van der Waals surface area contributed by atoms with Gasteiger partial charge in [0, 0.05) is 26.2 Å². The zero-order valence-electron chi connectivity index (χ0n) is 21.5. The Morgan fingerprint density at radius 1 is 0.842 bits per heavy atom. The maximum atomic E-state index is 14.2. The molecule has 8 nitrogen and oxygen atoms in total. The van der Waals surface area contributed by atoms with Gasteiger partial charge in [-0.2, -0.15) is 0 Å². The number of amides is 3. The van der Waals surface area contributed by atoms with Crippen LogP contribution in [0.3, 0.4) is 0 Å². The fourth-order valence-corrected chi connectivity index (χ4v) is 4.12. The number of aromatic hydroxyl groups is 1. The number of halogens is 1. The van der Waals surface area contributed by atoms with E-state index in [2.05, 4.69) is 5.32 Å². The van der Waals surface area contributed by atoms with E-state index in [0.29, 0.717) is 24.2 Å². The van der Waals surface area contributed by atoms with E-state index >= 15 is 0 Å². The molecule has 0 radical (unpaired) electrons. The van der Waals surface area contributed by atoms with Gasteiger partial charge in [-0.05, 0) is 68.3 Å². The summed E-state index contributed by atoms with van der Waals surface area (Å²) in [7, 11) is 0. The van der Waals surface area contributed by atoms with E-state index in [4.69, 9.17) is 4.74 Å². The number of piperazine rings is 1. The van der Waals surface area contributed by atoms with Crippen molar-refractivity contribution in [3.05, 3.63) is 83.7 Å². The van der Waals surface area contributed by atoms with Gasteiger partial charge < -0.3 is 25.0 Å². The molecule has 0 atom stereocenters. The molecule has 9 heteroatoms. The molecule has 2 N–H and O–H groups in total. The summed E-state index contributed by atoms with van der Waals surface area (Å²) in [5, 5.41) is 12.5. The monoisotopic (exact) mass is 519 g/mol. The summed E-state index contributed by atoms with van der Waals surface area (Å²) in [6.45, 7) is 6.48.